The molecule has 0 aliphatic rings. The zero-order valence-electron chi connectivity index (χ0n) is 14.1. The first-order valence-electron chi connectivity index (χ1n) is 8.03. The molecule has 2 aromatic carbocycles. The highest BCUT2D eigenvalue weighted by molar-refractivity contribution is 6.08. The highest BCUT2D eigenvalue weighted by atomic mass is 16.2. The molecule has 0 aliphatic carbocycles. The molecular formula is C20H20N2O2. The van der Waals surface area contributed by atoms with Crippen LogP contribution >= 0.6 is 0 Å². The number of hydrogen-bond donors (Lipinski definition) is 1. The van der Waals surface area contributed by atoms with Crippen molar-refractivity contribution < 1.29 is 9.59 Å². The largest absolute Gasteiger partial charge is 0.337 e. The maximum atomic E-state index is 12.8. The first-order chi connectivity index (χ1) is 11.5. The highest BCUT2D eigenvalue weighted by Crippen LogP contribution is 2.26. The van der Waals surface area contributed by atoms with E-state index in [1.165, 1.54) is 6.92 Å². The van der Waals surface area contributed by atoms with Crippen molar-refractivity contribution >= 4 is 28.3 Å². The van der Waals surface area contributed by atoms with Gasteiger partial charge in [-0.05, 0) is 56.7 Å². The number of amides is 1. The summed E-state index contributed by atoms with van der Waals surface area (Å²) in [5, 5.41) is 4.02. The molecule has 4 heteroatoms. The van der Waals surface area contributed by atoms with Gasteiger partial charge in [0.15, 0.2) is 5.78 Å². The van der Waals surface area contributed by atoms with Crippen molar-refractivity contribution in [1.82, 2.24) is 4.57 Å². The molecule has 1 aromatic heterocycles. The molecule has 122 valence electrons. The van der Waals surface area contributed by atoms with Gasteiger partial charge in [0.05, 0.1) is 0 Å². The Balaban J connectivity index is 1.97. The molecule has 3 rings (SSSR count). The summed E-state index contributed by atoms with van der Waals surface area (Å²) in [4.78, 5) is 24.1. The number of nitrogens with zero attached hydrogens (tertiary/aromatic N) is 1. The molecular weight excluding hydrogens is 300 g/mol. The third kappa shape index (κ3) is 2.71. The minimum Gasteiger partial charge on any atom is -0.337 e. The molecule has 0 saturated heterocycles. The van der Waals surface area contributed by atoms with Crippen LogP contribution in [0.3, 0.4) is 0 Å². The van der Waals surface area contributed by atoms with Gasteiger partial charge in [-0.1, -0.05) is 18.2 Å². The average Bonchev–Trinajstić information content (AvgIpc) is 2.88. The summed E-state index contributed by atoms with van der Waals surface area (Å²) in [5.41, 5.74) is 4.03. The second kappa shape index (κ2) is 6.32. The molecule has 0 saturated carbocycles. The van der Waals surface area contributed by atoms with E-state index in [4.69, 9.17) is 0 Å². The third-order valence-corrected chi connectivity index (χ3v) is 4.30. The van der Waals surface area contributed by atoms with E-state index >= 15 is 0 Å². The van der Waals surface area contributed by atoms with E-state index in [1.807, 2.05) is 42.7 Å². The predicted molar refractivity (Wildman–Crippen MR) is 96.7 cm³/mol. The molecule has 0 aliphatic heterocycles. The number of hydrogen-bond acceptors (Lipinski definition) is 2. The van der Waals surface area contributed by atoms with Crippen LogP contribution < -0.4 is 5.32 Å². The van der Waals surface area contributed by atoms with E-state index in [-0.39, 0.29) is 11.7 Å². The van der Waals surface area contributed by atoms with Gasteiger partial charge in [-0.25, -0.2) is 0 Å². The van der Waals surface area contributed by atoms with Gasteiger partial charge in [-0.3, -0.25) is 9.59 Å². The van der Waals surface area contributed by atoms with Crippen molar-refractivity contribution in [2.24, 2.45) is 0 Å². The van der Waals surface area contributed by atoms with Gasteiger partial charge >= 0.3 is 0 Å². The summed E-state index contributed by atoms with van der Waals surface area (Å²) in [6.07, 6.45) is 0. The lowest BCUT2D eigenvalue weighted by atomic mass is 10.1. The number of rotatable bonds is 4. The number of para-hydroxylation sites is 1. The van der Waals surface area contributed by atoms with Gasteiger partial charge in [-0.15, -0.1) is 0 Å². The summed E-state index contributed by atoms with van der Waals surface area (Å²) in [7, 11) is 0. The van der Waals surface area contributed by atoms with E-state index < -0.39 is 0 Å². The zero-order chi connectivity index (χ0) is 17.3. The molecule has 0 fully saturated rings. The van der Waals surface area contributed by atoms with E-state index in [2.05, 4.69) is 5.32 Å². The van der Waals surface area contributed by atoms with E-state index in [9.17, 15) is 9.59 Å². The van der Waals surface area contributed by atoms with Gasteiger partial charge in [-0.2, -0.15) is 0 Å². The van der Waals surface area contributed by atoms with Crippen molar-refractivity contribution in [2.75, 3.05) is 5.32 Å². The number of benzene rings is 2. The molecule has 0 atom stereocenters. The number of fused-ring (bicyclic) bond motifs is 1. The number of nitrogens with one attached hydrogen (secondary N) is 1. The quantitative estimate of drug-likeness (QED) is 0.723. The van der Waals surface area contributed by atoms with E-state index in [0.717, 1.165) is 23.0 Å². The lowest BCUT2D eigenvalue weighted by molar-refractivity contribution is 0.101. The van der Waals surface area contributed by atoms with Crippen LogP contribution in [0.25, 0.3) is 10.9 Å². The Morgan fingerprint density at radius 1 is 1.04 bits per heavy atom. The predicted octanol–water partition coefficient (Wildman–Crippen LogP) is 4.42. The van der Waals surface area contributed by atoms with E-state index in [1.54, 1.807) is 24.3 Å². The van der Waals surface area contributed by atoms with Crippen LogP contribution in [0.1, 0.15) is 40.3 Å². The van der Waals surface area contributed by atoms with Gasteiger partial charge in [0.25, 0.3) is 5.91 Å². The molecule has 24 heavy (non-hydrogen) atoms. The lowest BCUT2D eigenvalue weighted by Crippen LogP contribution is -2.17. The van der Waals surface area contributed by atoms with Crippen LogP contribution in [-0.2, 0) is 6.54 Å². The molecule has 0 radical (unpaired) electrons. The first kappa shape index (κ1) is 16.0. The second-order valence-corrected chi connectivity index (χ2v) is 5.82. The number of ketones is 1. The maximum absolute atomic E-state index is 12.8. The number of Topliss-reactive ketones (excluding diaryl/α,β-unsaturated/α-hetero) is 1. The number of anilines is 1. The lowest BCUT2D eigenvalue weighted by Gasteiger charge is -2.10. The smallest absolute Gasteiger partial charge is 0.272 e. The molecule has 0 spiro atoms. The highest BCUT2D eigenvalue weighted by Gasteiger charge is 2.19. The zero-order valence-corrected chi connectivity index (χ0v) is 14.1. The first-order valence-corrected chi connectivity index (χ1v) is 8.03. The van der Waals surface area contributed by atoms with Crippen molar-refractivity contribution in [3.63, 3.8) is 0 Å². The van der Waals surface area contributed by atoms with Crippen molar-refractivity contribution in [2.45, 2.75) is 27.3 Å². The standard InChI is InChI=1S/C20H20N2O2/c1-4-22-18-8-6-5-7-17(18)13(2)19(22)20(24)21-16-11-9-15(10-12-16)14(3)23/h5-12H,4H2,1-3H3,(H,21,24). The van der Waals surface area contributed by atoms with Crippen LogP contribution in [0.15, 0.2) is 48.5 Å². The fourth-order valence-electron chi connectivity index (χ4n) is 3.08. The fraction of sp³-hybridized carbons (Fsp3) is 0.200. The molecule has 3 aromatic rings. The molecule has 1 N–H and O–H groups in total. The van der Waals surface area contributed by atoms with Crippen molar-refractivity contribution in [3.8, 4) is 0 Å². The number of carbonyl (C=O) groups is 2. The Morgan fingerprint density at radius 3 is 2.33 bits per heavy atom. The Morgan fingerprint density at radius 2 is 1.71 bits per heavy atom. The Bertz CT molecular complexity index is 921. The van der Waals surface area contributed by atoms with Crippen LogP contribution in [0, 0.1) is 6.92 Å². The van der Waals surface area contributed by atoms with E-state index in [0.29, 0.717) is 16.9 Å². The fourth-order valence-corrected chi connectivity index (χ4v) is 3.08. The van der Waals surface area contributed by atoms with Gasteiger partial charge < -0.3 is 9.88 Å². The Labute approximate surface area is 141 Å². The number of aromatic nitrogens is 1. The van der Waals surface area contributed by atoms with Crippen LogP contribution in [0.4, 0.5) is 5.69 Å². The molecule has 1 heterocycles. The summed E-state index contributed by atoms with van der Waals surface area (Å²) in [6, 6.07) is 15.0. The normalized spacial score (nSPS) is 10.8. The molecule has 4 nitrogen and oxygen atoms in total. The molecule has 0 unspecified atom stereocenters. The van der Waals surface area contributed by atoms with Gasteiger partial charge in [0, 0.05) is 28.7 Å². The minimum absolute atomic E-state index is 0.00910. The number of aryl methyl sites for hydroxylation is 2. The maximum Gasteiger partial charge on any atom is 0.272 e. The minimum atomic E-state index is -0.138. The van der Waals surface area contributed by atoms with Crippen LogP contribution in [0.2, 0.25) is 0 Å². The van der Waals surface area contributed by atoms with Crippen molar-refractivity contribution in [3.05, 3.63) is 65.4 Å². The SMILES string of the molecule is CCn1c(C(=O)Nc2ccc(C(C)=O)cc2)c(C)c2ccccc21. The second-order valence-electron chi connectivity index (χ2n) is 5.82. The molecule has 1 amide bonds. The van der Waals surface area contributed by atoms with Gasteiger partial charge in [0.2, 0.25) is 0 Å². The Kier molecular flexibility index (Phi) is 4.21. The third-order valence-electron chi connectivity index (χ3n) is 4.30. The summed E-state index contributed by atoms with van der Waals surface area (Å²) < 4.78 is 2.03. The Hall–Kier alpha value is -2.88. The summed E-state index contributed by atoms with van der Waals surface area (Å²) in [5.74, 6) is -0.129. The topological polar surface area (TPSA) is 51.1 Å². The molecule has 0 bridgehead atoms. The summed E-state index contributed by atoms with van der Waals surface area (Å²) in [6.45, 7) is 6.25. The average molecular weight is 320 g/mol. The number of carbonyl (C=O) groups excluding carboxylic acids is 2. The monoisotopic (exact) mass is 320 g/mol. The van der Waals surface area contributed by atoms with Crippen LogP contribution in [0.5, 0.6) is 0 Å². The summed E-state index contributed by atoms with van der Waals surface area (Å²) >= 11 is 0. The van der Waals surface area contributed by atoms with Crippen LogP contribution in [-0.4, -0.2) is 16.3 Å². The van der Waals surface area contributed by atoms with Crippen molar-refractivity contribution in [1.29, 1.82) is 0 Å². The van der Waals surface area contributed by atoms with Gasteiger partial charge in [0.1, 0.15) is 5.69 Å².